The maximum Gasteiger partial charge on any atom is 0.313 e. The normalized spacial score (nSPS) is 16.1. The van der Waals surface area contributed by atoms with Crippen LogP contribution in [0.15, 0.2) is 24.3 Å². The topological polar surface area (TPSA) is 78.4 Å². The average molecular weight is 318 g/mol. The van der Waals surface area contributed by atoms with Crippen LogP contribution in [0.25, 0.3) is 0 Å². The lowest BCUT2D eigenvalue weighted by atomic mass is 10.0. The summed E-state index contributed by atoms with van der Waals surface area (Å²) < 4.78 is 0. The summed E-state index contributed by atoms with van der Waals surface area (Å²) in [5.41, 5.74) is 0.972. The first-order chi connectivity index (χ1) is 11.0. The van der Waals surface area contributed by atoms with Gasteiger partial charge in [-0.15, -0.1) is 0 Å². The van der Waals surface area contributed by atoms with Crippen LogP contribution in [-0.4, -0.2) is 29.1 Å². The van der Waals surface area contributed by atoms with Crippen LogP contribution >= 0.6 is 0 Å². The molecule has 0 unspecified atom stereocenters. The van der Waals surface area contributed by atoms with Crippen molar-refractivity contribution in [2.24, 2.45) is 0 Å². The van der Waals surface area contributed by atoms with Crippen LogP contribution in [-0.2, 0) is 16.0 Å². The Bertz CT molecular complexity index is 534. The second-order valence-electron chi connectivity index (χ2n) is 6.37. The van der Waals surface area contributed by atoms with Gasteiger partial charge >= 0.3 is 11.8 Å². The van der Waals surface area contributed by atoms with E-state index in [1.54, 1.807) is 12.1 Å². The molecule has 5 nitrogen and oxygen atoms in total. The summed E-state index contributed by atoms with van der Waals surface area (Å²) in [4.78, 5) is 23.7. The lowest BCUT2D eigenvalue weighted by molar-refractivity contribution is -0.136. The van der Waals surface area contributed by atoms with Crippen molar-refractivity contribution >= 4 is 17.5 Å². The Morgan fingerprint density at radius 1 is 1.13 bits per heavy atom. The molecule has 126 valence electrons. The third-order valence-electron chi connectivity index (χ3n) is 4.35. The summed E-state index contributed by atoms with van der Waals surface area (Å²) in [5, 5.41) is 15.3. The van der Waals surface area contributed by atoms with Crippen molar-refractivity contribution in [3.05, 3.63) is 29.8 Å². The predicted molar refractivity (Wildman–Crippen MR) is 90.1 cm³/mol. The molecule has 2 amide bonds. The van der Waals surface area contributed by atoms with Crippen molar-refractivity contribution in [1.82, 2.24) is 5.32 Å². The fraction of sp³-hybridized carbons (Fsp3) is 0.556. The van der Waals surface area contributed by atoms with Crippen molar-refractivity contribution < 1.29 is 14.7 Å². The number of aryl methyl sites for hydroxylation is 1. The number of carbonyl (C=O) groups is 2. The van der Waals surface area contributed by atoms with Crippen LogP contribution in [0.3, 0.4) is 0 Å². The molecule has 0 atom stereocenters. The van der Waals surface area contributed by atoms with Crippen molar-refractivity contribution in [3.63, 3.8) is 0 Å². The summed E-state index contributed by atoms with van der Waals surface area (Å²) in [5.74, 6) is -1.41. The van der Waals surface area contributed by atoms with E-state index >= 15 is 0 Å². The first kappa shape index (κ1) is 17.5. The second kappa shape index (κ2) is 8.11. The van der Waals surface area contributed by atoms with Gasteiger partial charge in [-0.3, -0.25) is 9.59 Å². The molecule has 0 saturated heterocycles. The fourth-order valence-corrected chi connectivity index (χ4v) is 2.86. The van der Waals surface area contributed by atoms with Crippen LogP contribution in [0.1, 0.15) is 51.0 Å². The maximum atomic E-state index is 11.9. The summed E-state index contributed by atoms with van der Waals surface area (Å²) >= 11 is 0. The number of hydrogen-bond acceptors (Lipinski definition) is 3. The maximum absolute atomic E-state index is 11.9. The van der Waals surface area contributed by atoms with E-state index in [-0.39, 0.29) is 6.54 Å². The van der Waals surface area contributed by atoms with E-state index in [1.807, 2.05) is 12.1 Å². The second-order valence-corrected chi connectivity index (χ2v) is 6.37. The lowest BCUT2D eigenvalue weighted by Crippen LogP contribution is -2.44. The molecular weight excluding hydrogens is 292 g/mol. The highest BCUT2D eigenvalue weighted by Gasteiger charge is 2.32. The van der Waals surface area contributed by atoms with E-state index in [0.717, 1.165) is 32.1 Å². The van der Waals surface area contributed by atoms with Crippen LogP contribution < -0.4 is 10.6 Å². The van der Waals surface area contributed by atoms with Crippen LogP contribution in [0.4, 0.5) is 5.69 Å². The van der Waals surface area contributed by atoms with E-state index in [9.17, 15) is 14.7 Å². The molecule has 1 aliphatic rings. The molecule has 3 N–H and O–H groups in total. The molecule has 1 aliphatic carbocycles. The Morgan fingerprint density at radius 3 is 2.39 bits per heavy atom. The molecule has 1 aromatic rings. The van der Waals surface area contributed by atoms with Crippen LogP contribution in [0.2, 0.25) is 0 Å². The smallest absolute Gasteiger partial charge is 0.313 e. The Labute approximate surface area is 137 Å². The van der Waals surface area contributed by atoms with Crippen molar-refractivity contribution in [3.8, 4) is 0 Å². The minimum atomic E-state index is -0.850. The summed E-state index contributed by atoms with van der Waals surface area (Å²) in [6, 6.07) is 7.54. The zero-order valence-electron chi connectivity index (χ0n) is 13.7. The molecular formula is C18H26N2O3. The molecule has 0 spiro atoms. The van der Waals surface area contributed by atoms with E-state index in [2.05, 4.69) is 17.6 Å². The molecule has 0 radical (unpaired) electrons. The van der Waals surface area contributed by atoms with Gasteiger partial charge in [-0.2, -0.15) is 0 Å². The van der Waals surface area contributed by atoms with Crippen LogP contribution in [0.5, 0.6) is 0 Å². The van der Waals surface area contributed by atoms with E-state index in [0.29, 0.717) is 18.5 Å². The number of carbonyl (C=O) groups excluding carboxylic acids is 2. The molecule has 1 saturated carbocycles. The number of rotatable bonds is 6. The Kier molecular flexibility index (Phi) is 6.16. The predicted octanol–water partition coefficient (Wildman–Crippen LogP) is 2.39. The first-order valence-electron chi connectivity index (χ1n) is 8.43. The van der Waals surface area contributed by atoms with Gasteiger partial charge < -0.3 is 15.7 Å². The zero-order chi connectivity index (χ0) is 16.7. The highest BCUT2D eigenvalue weighted by atomic mass is 16.3. The average Bonchev–Trinajstić information content (AvgIpc) is 2.99. The number of nitrogens with one attached hydrogen (secondary N) is 2. The van der Waals surface area contributed by atoms with E-state index in [4.69, 9.17) is 0 Å². The molecule has 23 heavy (non-hydrogen) atoms. The standard InChI is InChI=1S/C18H26N2O3/c1-2-3-6-14-7-9-15(10-8-14)20-17(22)16(21)19-13-18(23)11-4-5-12-18/h7-10,23H,2-6,11-13H2,1H3,(H,19,21)(H,20,22). The fourth-order valence-electron chi connectivity index (χ4n) is 2.86. The van der Waals surface area contributed by atoms with Crippen molar-refractivity contribution in [2.75, 3.05) is 11.9 Å². The van der Waals surface area contributed by atoms with Gasteiger partial charge in [0, 0.05) is 12.2 Å². The molecule has 0 aromatic heterocycles. The minimum Gasteiger partial charge on any atom is -0.388 e. The van der Waals surface area contributed by atoms with Gasteiger partial charge in [-0.25, -0.2) is 0 Å². The molecule has 1 aromatic carbocycles. The number of unbranched alkanes of at least 4 members (excludes halogenated alkanes) is 1. The zero-order valence-corrected chi connectivity index (χ0v) is 13.7. The van der Waals surface area contributed by atoms with E-state index < -0.39 is 17.4 Å². The van der Waals surface area contributed by atoms with Gasteiger partial charge in [0.25, 0.3) is 0 Å². The highest BCUT2D eigenvalue weighted by Crippen LogP contribution is 2.28. The summed E-state index contributed by atoms with van der Waals surface area (Å²) in [6.07, 6.45) is 6.57. The van der Waals surface area contributed by atoms with Gasteiger partial charge in [0.2, 0.25) is 0 Å². The first-order valence-corrected chi connectivity index (χ1v) is 8.43. The molecule has 0 aliphatic heterocycles. The third-order valence-corrected chi connectivity index (χ3v) is 4.35. The third kappa shape index (κ3) is 5.36. The molecule has 0 bridgehead atoms. The summed E-state index contributed by atoms with van der Waals surface area (Å²) in [7, 11) is 0. The van der Waals surface area contributed by atoms with Crippen molar-refractivity contribution in [2.45, 2.75) is 57.5 Å². The molecule has 2 rings (SSSR count). The number of hydrogen-bond donors (Lipinski definition) is 3. The number of anilines is 1. The number of benzene rings is 1. The highest BCUT2D eigenvalue weighted by molar-refractivity contribution is 6.39. The minimum absolute atomic E-state index is 0.134. The molecule has 0 heterocycles. The lowest BCUT2D eigenvalue weighted by Gasteiger charge is -2.22. The van der Waals surface area contributed by atoms with Gasteiger partial charge in [-0.1, -0.05) is 38.3 Å². The van der Waals surface area contributed by atoms with Gasteiger partial charge in [0.05, 0.1) is 5.60 Å². The summed E-state index contributed by atoms with van der Waals surface area (Å²) in [6.45, 7) is 2.28. The molecule has 1 fully saturated rings. The largest absolute Gasteiger partial charge is 0.388 e. The van der Waals surface area contributed by atoms with Gasteiger partial charge in [0.15, 0.2) is 0 Å². The van der Waals surface area contributed by atoms with E-state index in [1.165, 1.54) is 5.56 Å². The Balaban J connectivity index is 1.79. The Hall–Kier alpha value is -1.88. The Morgan fingerprint density at radius 2 is 1.78 bits per heavy atom. The van der Waals surface area contributed by atoms with Crippen molar-refractivity contribution in [1.29, 1.82) is 0 Å². The van der Waals surface area contributed by atoms with Gasteiger partial charge in [0.1, 0.15) is 0 Å². The monoisotopic (exact) mass is 318 g/mol. The van der Waals surface area contributed by atoms with Gasteiger partial charge in [-0.05, 0) is 43.4 Å². The molecule has 5 heteroatoms. The van der Waals surface area contributed by atoms with Crippen LogP contribution in [0, 0.1) is 0 Å². The number of aliphatic hydroxyl groups is 1. The quantitative estimate of drug-likeness (QED) is 0.705. The number of amides is 2. The SMILES string of the molecule is CCCCc1ccc(NC(=O)C(=O)NCC2(O)CCCC2)cc1.